The van der Waals surface area contributed by atoms with Crippen molar-refractivity contribution in [3.05, 3.63) is 65.6 Å². The molecule has 0 fully saturated rings. The Morgan fingerprint density at radius 1 is 1.00 bits per heavy atom. The van der Waals surface area contributed by atoms with Gasteiger partial charge in [0, 0.05) is 11.8 Å². The first-order valence-electron chi connectivity index (χ1n) is 7.49. The Morgan fingerprint density at radius 2 is 1.88 bits per heavy atom. The lowest BCUT2D eigenvalue weighted by Gasteiger charge is -2.10. The van der Waals surface area contributed by atoms with E-state index in [1.807, 2.05) is 30.3 Å². The number of pyridine rings is 1. The molecule has 4 heterocycles. The second-order valence-corrected chi connectivity index (χ2v) is 5.36. The molecule has 5 aromatic rings. The lowest BCUT2D eigenvalue weighted by Crippen LogP contribution is -2.21. The first kappa shape index (κ1) is 13.5. The average molecular weight is 330 g/mol. The van der Waals surface area contributed by atoms with Crippen molar-refractivity contribution in [2.45, 2.75) is 0 Å². The van der Waals surface area contributed by atoms with Gasteiger partial charge < -0.3 is 0 Å². The summed E-state index contributed by atoms with van der Waals surface area (Å²) in [6, 6.07) is 11.3. The molecule has 5 rings (SSSR count). The van der Waals surface area contributed by atoms with Gasteiger partial charge in [-0.1, -0.05) is 30.3 Å². The van der Waals surface area contributed by atoms with Crippen LogP contribution in [0.2, 0.25) is 0 Å². The van der Waals surface area contributed by atoms with E-state index in [9.17, 15) is 4.79 Å². The van der Waals surface area contributed by atoms with Gasteiger partial charge in [-0.25, -0.2) is 10.1 Å². The first-order chi connectivity index (χ1) is 12.3. The third-order valence-electron chi connectivity index (χ3n) is 3.95. The molecule has 0 saturated heterocycles. The standard InChI is InChI=1S/C16H10N8O/c25-14-12-11(6-7-23(14)16-17-8-19-22-16)21-15-18-9-20-24(15)13(12)10-4-2-1-3-5-10/h1-9H,(H,17,19,22). The summed E-state index contributed by atoms with van der Waals surface area (Å²) in [4.78, 5) is 25.8. The van der Waals surface area contributed by atoms with Gasteiger partial charge >= 0.3 is 0 Å². The van der Waals surface area contributed by atoms with Gasteiger partial charge in [0.15, 0.2) is 0 Å². The summed E-state index contributed by atoms with van der Waals surface area (Å²) in [5.41, 5.74) is 1.76. The number of fused-ring (bicyclic) bond motifs is 2. The normalized spacial score (nSPS) is 11.4. The van der Waals surface area contributed by atoms with E-state index in [0.29, 0.717) is 28.3 Å². The Bertz CT molecular complexity index is 1250. The van der Waals surface area contributed by atoms with E-state index in [1.54, 1.807) is 16.8 Å². The van der Waals surface area contributed by atoms with Gasteiger partial charge in [-0.2, -0.15) is 24.7 Å². The molecule has 0 aliphatic carbocycles. The Morgan fingerprint density at radius 3 is 2.68 bits per heavy atom. The Kier molecular flexibility index (Phi) is 2.74. The zero-order valence-electron chi connectivity index (χ0n) is 12.7. The van der Waals surface area contributed by atoms with Crippen molar-refractivity contribution in [1.29, 1.82) is 0 Å². The van der Waals surface area contributed by atoms with Crippen LogP contribution in [0.3, 0.4) is 0 Å². The molecule has 0 unspecified atom stereocenters. The molecule has 0 amide bonds. The fraction of sp³-hybridized carbons (Fsp3) is 0. The van der Waals surface area contributed by atoms with Crippen LogP contribution in [0.4, 0.5) is 0 Å². The van der Waals surface area contributed by atoms with Crippen molar-refractivity contribution in [3.63, 3.8) is 0 Å². The number of benzene rings is 1. The van der Waals surface area contributed by atoms with Gasteiger partial charge in [0.2, 0.25) is 5.95 Å². The summed E-state index contributed by atoms with van der Waals surface area (Å²) in [5, 5.41) is 11.2. The van der Waals surface area contributed by atoms with Gasteiger partial charge in [0.05, 0.1) is 16.6 Å². The lowest BCUT2D eigenvalue weighted by molar-refractivity contribution is 0.895. The number of aromatic amines is 1. The van der Waals surface area contributed by atoms with Gasteiger partial charge in [-0.15, -0.1) is 0 Å². The zero-order valence-corrected chi connectivity index (χ0v) is 12.7. The molecule has 0 saturated carbocycles. The van der Waals surface area contributed by atoms with Crippen molar-refractivity contribution in [2.75, 3.05) is 0 Å². The van der Waals surface area contributed by atoms with Crippen LogP contribution >= 0.6 is 0 Å². The SMILES string of the molecule is O=c1c2c(-c3ccccc3)n3ncnc3nc2ccn1-c1ncn[nH]1. The predicted octanol–water partition coefficient (Wildman–Crippen LogP) is 1.21. The number of rotatable bonds is 2. The number of aromatic nitrogens is 8. The van der Waals surface area contributed by atoms with Crippen LogP contribution in [-0.4, -0.2) is 39.3 Å². The summed E-state index contributed by atoms with van der Waals surface area (Å²) in [6.07, 6.45) is 4.38. The smallest absolute Gasteiger partial charge is 0.268 e. The number of hydrogen-bond donors (Lipinski definition) is 1. The summed E-state index contributed by atoms with van der Waals surface area (Å²) < 4.78 is 2.97. The van der Waals surface area contributed by atoms with E-state index in [1.165, 1.54) is 17.2 Å². The monoisotopic (exact) mass is 330 g/mol. The fourth-order valence-corrected chi connectivity index (χ4v) is 2.87. The second kappa shape index (κ2) is 5.06. The molecule has 0 aliphatic heterocycles. The molecule has 0 bridgehead atoms. The van der Waals surface area contributed by atoms with Crippen molar-refractivity contribution in [1.82, 2.24) is 39.3 Å². The van der Waals surface area contributed by atoms with Crippen molar-refractivity contribution in [2.24, 2.45) is 0 Å². The second-order valence-electron chi connectivity index (χ2n) is 5.36. The molecule has 0 radical (unpaired) electrons. The highest BCUT2D eigenvalue weighted by molar-refractivity contribution is 5.93. The molecule has 1 aromatic carbocycles. The van der Waals surface area contributed by atoms with Crippen LogP contribution < -0.4 is 5.56 Å². The van der Waals surface area contributed by atoms with Crippen molar-refractivity contribution >= 4 is 16.7 Å². The summed E-state index contributed by atoms with van der Waals surface area (Å²) in [7, 11) is 0. The molecule has 4 aromatic heterocycles. The average Bonchev–Trinajstić information content (AvgIpc) is 3.32. The van der Waals surface area contributed by atoms with Crippen molar-refractivity contribution < 1.29 is 0 Å². The maximum Gasteiger partial charge on any atom is 0.269 e. The van der Waals surface area contributed by atoms with Crippen molar-refractivity contribution in [3.8, 4) is 17.2 Å². The number of nitrogens with one attached hydrogen (secondary N) is 1. The minimum atomic E-state index is -0.266. The predicted molar refractivity (Wildman–Crippen MR) is 89.3 cm³/mol. The maximum absolute atomic E-state index is 13.2. The minimum Gasteiger partial charge on any atom is -0.268 e. The highest BCUT2D eigenvalue weighted by atomic mass is 16.1. The third-order valence-corrected chi connectivity index (χ3v) is 3.95. The van der Waals surface area contributed by atoms with Crippen LogP contribution in [0.15, 0.2) is 60.0 Å². The molecule has 1 N–H and O–H groups in total. The van der Waals surface area contributed by atoms with Gasteiger partial charge in [-0.3, -0.25) is 9.36 Å². The number of H-pyrrole nitrogens is 1. The molecule has 0 spiro atoms. The third kappa shape index (κ3) is 1.96. The molecular formula is C16H10N8O. The van der Waals surface area contributed by atoms with E-state index in [0.717, 1.165) is 5.56 Å². The number of hydrogen-bond acceptors (Lipinski definition) is 6. The van der Waals surface area contributed by atoms with Crippen LogP contribution in [0.25, 0.3) is 33.9 Å². The summed E-state index contributed by atoms with van der Waals surface area (Å²) in [6.45, 7) is 0. The quantitative estimate of drug-likeness (QED) is 0.521. The number of nitrogens with zero attached hydrogens (tertiary/aromatic N) is 7. The highest BCUT2D eigenvalue weighted by Crippen LogP contribution is 2.25. The summed E-state index contributed by atoms with van der Waals surface area (Å²) >= 11 is 0. The molecule has 25 heavy (non-hydrogen) atoms. The summed E-state index contributed by atoms with van der Waals surface area (Å²) in [5.74, 6) is 0.771. The van der Waals surface area contributed by atoms with E-state index in [4.69, 9.17) is 0 Å². The van der Waals surface area contributed by atoms with E-state index in [2.05, 4.69) is 30.2 Å². The lowest BCUT2D eigenvalue weighted by atomic mass is 10.1. The van der Waals surface area contributed by atoms with Crippen LogP contribution in [0.5, 0.6) is 0 Å². The van der Waals surface area contributed by atoms with E-state index < -0.39 is 0 Å². The first-order valence-corrected chi connectivity index (χ1v) is 7.49. The Labute approximate surface area is 139 Å². The topological polar surface area (TPSA) is 107 Å². The Hall–Kier alpha value is -3.88. The van der Waals surface area contributed by atoms with Gasteiger partial charge in [0.1, 0.15) is 12.7 Å². The highest BCUT2D eigenvalue weighted by Gasteiger charge is 2.17. The molecular weight excluding hydrogens is 320 g/mol. The van der Waals surface area contributed by atoms with E-state index in [-0.39, 0.29) is 5.56 Å². The van der Waals surface area contributed by atoms with Crippen LogP contribution in [0.1, 0.15) is 0 Å². The van der Waals surface area contributed by atoms with Crippen LogP contribution in [-0.2, 0) is 0 Å². The van der Waals surface area contributed by atoms with Gasteiger partial charge in [-0.05, 0) is 6.07 Å². The maximum atomic E-state index is 13.2. The molecule has 0 aliphatic rings. The van der Waals surface area contributed by atoms with E-state index >= 15 is 0 Å². The Balaban J connectivity index is 1.98. The molecule has 9 nitrogen and oxygen atoms in total. The molecule has 9 heteroatoms. The van der Waals surface area contributed by atoms with Crippen LogP contribution in [0, 0.1) is 0 Å². The largest absolute Gasteiger partial charge is 0.269 e. The zero-order chi connectivity index (χ0) is 16.8. The molecule has 120 valence electrons. The fourth-order valence-electron chi connectivity index (χ4n) is 2.87. The molecule has 0 atom stereocenters. The van der Waals surface area contributed by atoms with Gasteiger partial charge in [0.25, 0.3) is 11.3 Å². The minimum absolute atomic E-state index is 0.266.